The molecule has 0 aromatic heterocycles. The van der Waals surface area contributed by atoms with Gasteiger partial charge in [-0.2, -0.15) is 0 Å². The van der Waals surface area contributed by atoms with E-state index < -0.39 is 15.8 Å². The van der Waals surface area contributed by atoms with Gasteiger partial charge < -0.3 is 19.3 Å². The van der Waals surface area contributed by atoms with Crippen LogP contribution in [-0.2, 0) is 19.3 Å². The second kappa shape index (κ2) is 18.0. The first-order chi connectivity index (χ1) is 15.2. The fourth-order valence-electron chi connectivity index (χ4n) is 2.05. The van der Waals surface area contributed by atoms with Crippen molar-refractivity contribution in [3.8, 4) is 11.5 Å². The molecule has 0 spiro atoms. The van der Waals surface area contributed by atoms with Crippen molar-refractivity contribution in [3.05, 3.63) is 53.6 Å². The topological polar surface area (TPSA) is 99.1 Å². The van der Waals surface area contributed by atoms with Crippen LogP contribution in [0.4, 0.5) is 0 Å². The molecule has 7 nitrogen and oxygen atoms in total. The van der Waals surface area contributed by atoms with Gasteiger partial charge in [-0.25, -0.2) is 13.2 Å². The highest BCUT2D eigenvalue weighted by atomic mass is 32.2. The molecular formula is C24H38O7S. The summed E-state index contributed by atoms with van der Waals surface area (Å²) in [4.78, 5) is 11.7. The van der Waals surface area contributed by atoms with Crippen LogP contribution in [0.3, 0.4) is 0 Å². The molecule has 0 fully saturated rings. The molecular weight excluding hydrogens is 432 g/mol. The molecule has 0 heterocycles. The average molecular weight is 471 g/mol. The van der Waals surface area contributed by atoms with Crippen LogP contribution in [-0.4, -0.2) is 52.7 Å². The first-order valence-corrected chi connectivity index (χ1v) is 12.5. The fourth-order valence-corrected chi connectivity index (χ4v) is 2.68. The van der Waals surface area contributed by atoms with Crippen molar-refractivity contribution in [2.24, 2.45) is 0 Å². The molecule has 1 N–H and O–H groups in total. The third-order valence-corrected chi connectivity index (χ3v) is 4.59. The molecule has 0 bridgehead atoms. The number of phenolic OH excluding ortho intramolecular Hbond substituents is 1. The maximum Gasteiger partial charge on any atom is 0.338 e. The second-order valence-electron chi connectivity index (χ2n) is 5.84. The number of ether oxygens (including phenoxy) is 3. The van der Waals surface area contributed by atoms with E-state index in [9.17, 15) is 18.3 Å². The van der Waals surface area contributed by atoms with Gasteiger partial charge in [0.2, 0.25) is 0 Å². The minimum Gasteiger partial charge on any atom is -0.508 e. The Morgan fingerprint density at radius 1 is 0.969 bits per heavy atom. The van der Waals surface area contributed by atoms with Crippen molar-refractivity contribution in [1.29, 1.82) is 0 Å². The van der Waals surface area contributed by atoms with Gasteiger partial charge in [0.15, 0.2) is 9.84 Å². The van der Waals surface area contributed by atoms with E-state index in [1.807, 2.05) is 41.5 Å². The summed E-state index contributed by atoms with van der Waals surface area (Å²) in [7, 11) is -1.74. The van der Waals surface area contributed by atoms with E-state index in [1.165, 1.54) is 31.6 Å². The minimum atomic E-state index is -3.02. The first kappa shape index (κ1) is 31.6. The summed E-state index contributed by atoms with van der Waals surface area (Å²) in [5, 5.41) is 9.42. The van der Waals surface area contributed by atoms with Gasteiger partial charge in [-0.1, -0.05) is 45.4 Å². The number of hydrogen-bond donors (Lipinski definition) is 1. The van der Waals surface area contributed by atoms with E-state index in [1.54, 1.807) is 24.3 Å². The van der Waals surface area contributed by atoms with Crippen LogP contribution in [0, 0.1) is 6.92 Å². The summed E-state index contributed by atoms with van der Waals surface area (Å²) in [5.74, 6) is -0.153. The van der Waals surface area contributed by atoms with Gasteiger partial charge in [0.25, 0.3) is 0 Å². The number of phenols is 1. The normalized spacial score (nSPS) is 9.62. The van der Waals surface area contributed by atoms with Gasteiger partial charge in [-0.3, -0.25) is 0 Å². The van der Waals surface area contributed by atoms with Crippen LogP contribution in [0.5, 0.6) is 11.5 Å². The van der Waals surface area contributed by atoms with E-state index in [0.29, 0.717) is 30.5 Å². The Morgan fingerprint density at radius 2 is 1.53 bits per heavy atom. The number of methoxy groups -OCH3 is 1. The molecule has 0 saturated heterocycles. The molecule has 8 heteroatoms. The van der Waals surface area contributed by atoms with Crippen molar-refractivity contribution in [3.63, 3.8) is 0 Å². The molecule has 0 unspecified atom stereocenters. The molecule has 0 aliphatic heterocycles. The number of sulfone groups is 1. The van der Waals surface area contributed by atoms with Gasteiger partial charge >= 0.3 is 5.97 Å². The van der Waals surface area contributed by atoms with Crippen LogP contribution in [0.15, 0.2) is 47.4 Å². The Morgan fingerprint density at radius 3 is 2.00 bits per heavy atom. The lowest BCUT2D eigenvalue weighted by molar-refractivity contribution is 0.0599. The summed E-state index contributed by atoms with van der Waals surface area (Å²) in [6.07, 6.45) is 1.21. The number of aromatic hydroxyl groups is 1. The maximum atomic E-state index is 11.3. The van der Waals surface area contributed by atoms with Crippen LogP contribution in [0.2, 0.25) is 0 Å². The summed E-state index contributed by atoms with van der Waals surface area (Å²) >= 11 is 0. The lowest BCUT2D eigenvalue weighted by atomic mass is 10.2. The number of esters is 1. The summed E-state index contributed by atoms with van der Waals surface area (Å²) in [6, 6.07) is 11.1. The molecule has 0 aliphatic rings. The molecule has 0 atom stereocenters. The van der Waals surface area contributed by atoms with Crippen molar-refractivity contribution in [2.75, 3.05) is 33.2 Å². The van der Waals surface area contributed by atoms with E-state index in [4.69, 9.17) is 9.47 Å². The molecule has 2 rings (SSSR count). The summed E-state index contributed by atoms with van der Waals surface area (Å²) < 4.78 is 36.9. The van der Waals surface area contributed by atoms with Crippen molar-refractivity contribution < 1.29 is 32.5 Å². The largest absolute Gasteiger partial charge is 0.508 e. The van der Waals surface area contributed by atoms with Gasteiger partial charge in [0, 0.05) is 18.9 Å². The number of rotatable bonds is 7. The van der Waals surface area contributed by atoms with Crippen molar-refractivity contribution >= 4 is 15.8 Å². The van der Waals surface area contributed by atoms with E-state index in [-0.39, 0.29) is 11.3 Å². The van der Waals surface area contributed by atoms with Crippen LogP contribution < -0.4 is 4.74 Å². The highest BCUT2D eigenvalue weighted by Crippen LogP contribution is 2.22. The van der Waals surface area contributed by atoms with Gasteiger partial charge in [0.1, 0.15) is 18.1 Å². The monoisotopic (exact) mass is 470 g/mol. The van der Waals surface area contributed by atoms with E-state index >= 15 is 0 Å². The molecule has 0 saturated carbocycles. The van der Waals surface area contributed by atoms with Crippen LogP contribution in [0.1, 0.15) is 50.5 Å². The molecule has 2 aromatic rings. The average Bonchev–Trinajstić information content (AvgIpc) is 2.78. The predicted octanol–water partition coefficient (Wildman–Crippen LogP) is 5.05. The van der Waals surface area contributed by atoms with Crippen molar-refractivity contribution in [1.82, 2.24) is 0 Å². The fraction of sp³-hybridized carbons (Fsp3) is 0.458. The third-order valence-electron chi connectivity index (χ3n) is 3.46. The number of aryl methyl sites for hydroxylation is 1. The maximum absolute atomic E-state index is 11.3. The Bertz CT molecular complexity index is 860. The van der Waals surface area contributed by atoms with E-state index in [2.05, 4.69) is 4.74 Å². The molecule has 0 aliphatic carbocycles. The minimum absolute atomic E-state index is 0.0423. The standard InChI is InChI=1S/C12H16O5.C8H10O2S.2C2H6/c1-3-16-4-5-17-11-7-9(12(14)15-2)6-10(13)8-11;1-7-3-5-8(6-4-7)11(2,9)10;2*1-2/h6-8,13H,3-5H2,1-2H3;3-6H,1-2H3;2*1-2H3. The predicted molar refractivity (Wildman–Crippen MR) is 128 cm³/mol. The quantitative estimate of drug-likeness (QED) is 0.447. The lowest BCUT2D eigenvalue weighted by Gasteiger charge is -2.08. The Hall–Kier alpha value is -2.58. The second-order valence-corrected chi connectivity index (χ2v) is 7.85. The Kier molecular flexibility index (Phi) is 17.8. The molecule has 0 amide bonds. The molecule has 182 valence electrons. The zero-order valence-corrected chi connectivity index (χ0v) is 21.3. The molecule has 32 heavy (non-hydrogen) atoms. The van der Waals surface area contributed by atoms with Crippen LogP contribution >= 0.6 is 0 Å². The number of carbonyl (C=O) groups excluding carboxylic acids is 1. The van der Waals surface area contributed by atoms with Gasteiger partial charge in [0.05, 0.1) is 24.2 Å². The van der Waals surface area contributed by atoms with E-state index in [0.717, 1.165) is 5.56 Å². The summed E-state index contributed by atoms with van der Waals surface area (Å²) in [6.45, 7) is 13.3. The molecule has 0 radical (unpaired) electrons. The molecule has 2 aromatic carbocycles. The van der Waals surface area contributed by atoms with Gasteiger partial charge in [-0.05, 0) is 38.1 Å². The van der Waals surface area contributed by atoms with Gasteiger partial charge in [-0.15, -0.1) is 0 Å². The highest BCUT2D eigenvalue weighted by molar-refractivity contribution is 7.90. The Balaban J connectivity index is 0. The smallest absolute Gasteiger partial charge is 0.338 e. The third kappa shape index (κ3) is 13.7. The summed E-state index contributed by atoms with van der Waals surface area (Å²) in [5.41, 5.74) is 1.32. The van der Waals surface area contributed by atoms with Crippen LogP contribution in [0.25, 0.3) is 0 Å². The first-order valence-electron chi connectivity index (χ1n) is 10.6. The number of carbonyl (C=O) groups is 1. The lowest BCUT2D eigenvalue weighted by Crippen LogP contribution is -2.07. The number of hydrogen-bond acceptors (Lipinski definition) is 7. The Labute approximate surface area is 193 Å². The SMILES string of the molecule is CC.CC.CCOCCOc1cc(O)cc(C(=O)OC)c1.Cc1ccc(S(C)(=O)=O)cc1. The number of benzene rings is 2. The van der Waals surface area contributed by atoms with Crippen molar-refractivity contribution in [2.45, 2.75) is 46.4 Å². The zero-order chi connectivity index (χ0) is 25.2. The zero-order valence-electron chi connectivity index (χ0n) is 20.5. The highest BCUT2D eigenvalue weighted by Gasteiger charge is 2.09.